The first-order valence-electron chi connectivity index (χ1n) is 9.23. The van der Waals surface area contributed by atoms with Crippen molar-refractivity contribution in [2.45, 2.75) is 76.7 Å². The monoisotopic (exact) mass is 324 g/mol. The molecule has 0 bridgehead atoms. The highest BCUT2D eigenvalue weighted by Gasteiger charge is 2.62. The zero-order chi connectivity index (χ0) is 15.7. The second-order valence-corrected chi connectivity index (χ2v) is 9.64. The molecule has 124 valence electrons. The fourth-order valence-corrected chi connectivity index (χ4v) is 7.43. The molecular weight excluding hydrogens is 296 g/mol. The van der Waals surface area contributed by atoms with Crippen LogP contribution in [0.15, 0.2) is 0 Å². The molecule has 2 nitrogen and oxygen atoms in total. The van der Waals surface area contributed by atoms with Crippen molar-refractivity contribution in [3.8, 4) is 0 Å². The Morgan fingerprint density at radius 3 is 2.59 bits per heavy atom. The lowest BCUT2D eigenvalue weighted by atomic mass is 9.45. The smallest absolute Gasteiger partial charge is 0.156 e. The minimum atomic E-state index is -0.243. The van der Waals surface area contributed by atoms with Gasteiger partial charge in [-0.3, -0.25) is 4.79 Å². The van der Waals surface area contributed by atoms with E-state index in [0.717, 1.165) is 31.6 Å². The molecule has 2 unspecified atom stereocenters. The maximum absolute atomic E-state index is 12.6. The molecule has 0 aromatic rings. The van der Waals surface area contributed by atoms with Gasteiger partial charge in [-0.05, 0) is 80.5 Å². The first-order chi connectivity index (χ1) is 10.4. The number of carbonyl (C=O) groups excluding carboxylic acids is 1. The molecule has 3 heteroatoms. The van der Waals surface area contributed by atoms with Crippen LogP contribution < -0.4 is 0 Å². The Kier molecular flexibility index (Phi) is 3.48. The number of hydrogen-bond acceptors (Lipinski definition) is 2. The summed E-state index contributed by atoms with van der Waals surface area (Å²) in [6, 6.07) is 0. The Bertz CT molecular complexity index is 492. The van der Waals surface area contributed by atoms with E-state index < -0.39 is 0 Å². The van der Waals surface area contributed by atoms with Crippen molar-refractivity contribution in [3.05, 3.63) is 0 Å². The van der Waals surface area contributed by atoms with Crippen LogP contribution in [0.3, 0.4) is 0 Å². The van der Waals surface area contributed by atoms with Gasteiger partial charge in [0, 0.05) is 5.41 Å². The number of Topliss-reactive ketones (excluding diaryl/α,β-unsaturated/α-hetero) is 1. The van der Waals surface area contributed by atoms with Crippen LogP contribution in [0.25, 0.3) is 0 Å². The van der Waals surface area contributed by atoms with E-state index in [2.05, 4.69) is 13.8 Å². The molecule has 4 fully saturated rings. The average Bonchev–Trinajstić information content (AvgIpc) is 2.72. The Hall–Kier alpha value is -0.0800. The third-order valence-corrected chi connectivity index (χ3v) is 8.71. The van der Waals surface area contributed by atoms with Crippen molar-refractivity contribution >= 4 is 17.4 Å². The fraction of sp³-hybridized carbons (Fsp3) is 0.947. The van der Waals surface area contributed by atoms with Gasteiger partial charge in [-0.1, -0.05) is 13.8 Å². The molecule has 0 radical (unpaired) electrons. The summed E-state index contributed by atoms with van der Waals surface area (Å²) in [5.74, 6) is 2.94. The normalized spacial score (nSPS) is 57.9. The first-order valence-corrected chi connectivity index (χ1v) is 9.66. The number of alkyl halides is 1. The molecule has 0 spiro atoms. The Morgan fingerprint density at radius 1 is 1.05 bits per heavy atom. The molecule has 4 saturated carbocycles. The maximum Gasteiger partial charge on any atom is 0.156 e. The second-order valence-electron chi connectivity index (χ2n) is 9.11. The number of aliphatic hydroxyl groups excluding tert-OH is 1. The van der Waals surface area contributed by atoms with Crippen LogP contribution >= 0.6 is 11.6 Å². The lowest BCUT2D eigenvalue weighted by molar-refractivity contribution is -0.142. The van der Waals surface area contributed by atoms with Gasteiger partial charge >= 0.3 is 0 Å². The quantitative estimate of drug-likeness (QED) is 0.679. The number of fused-ring (bicyclic) bond motifs is 5. The highest BCUT2D eigenvalue weighted by molar-refractivity contribution is 6.32. The maximum atomic E-state index is 12.6. The minimum Gasteiger partial charge on any atom is -0.393 e. The summed E-state index contributed by atoms with van der Waals surface area (Å²) < 4.78 is 0. The first kappa shape index (κ1) is 15.4. The predicted molar refractivity (Wildman–Crippen MR) is 87.8 cm³/mol. The average molecular weight is 325 g/mol. The van der Waals surface area contributed by atoms with E-state index in [4.69, 9.17) is 11.6 Å². The molecular formula is C19H29ClO2. The van der Waals surface area contributed by atoms with Gasteiger partial charge in [0.05, 0.1) is 11.5 Å². The van der Waals surface area contributed by atoms with Gasteiger partial charge in [-0.25, -0.2) is 0 Å². The van der Waals surface area contributed by atoms with E-state index in [1.165, 1.54) is 25.7 Å². The highest BCUT2D eigenvalue weighted by atomic mass is 35.5. The van der Waals surface area contributed by atoms with Crippen molar-refractivity contribution in [3.63, 3.8) is 0 Å². The van der Waals surface area contributed by atoms with Crippen molar-refractivity contribution in [2.75, 3.05) is 0 Å². The zero-order valence-corrected chi connectivity index (χ0v) is 14.6. The van der Waals surface area contributed by atoms with Crippen molar-refractivity contribution in [2.24, 2.45) is 34.5 Å². The summed E-state index contributed by atoms with van der Waals surface area (Å²) in [5, 5.41) is 9.81. The summed E-state index contributed by atoms with van der Waals surface area (Å²) >= 11 is 6.37. The Balaban J connectivity index is 1.64. The van der Waals surface area contributed by atoms with Gasteiger partial charge in [0.1, 0.15) is 0 Å². The standard InChI is InChI=1S/C19H29ClO2/c1-18-7-5-12(21)9-11(18)3-4-13-14(18)6-8-19(2)15(13)10-16(20)17(19)22/h11-16,21H,3-10H2,1-2H3/t11?,12?,13-,14+,15+,16-,18+,19+/m1/s1. The van der Waals surface area contributed by atoms with Crippen molar-refractivity contribution in [1.29, 1.82) is 0 Å². The largest absolute Gasteiger partial charge is 0.393 e. The molecule has 4 aliphatic carbocycles. The molecule has 0 heterocycles. The van der Waals surface area contributed by atoms with Crippen LogP contribution in [0, 0.1) is 34.5 Å². The molecule has 0 aliphatic heterocycles. The summed E-state index contributed by atoms with van der Waals surface area (Å²) in [5.41, 5.74) is 0.238. The van der Waals surface area contributed by atoms with Crippen molar-refractivity contribution in [1.82, 2.24) is 0 Å². The molecule has 8 atom stereocenters. The SMILES string of the molecule is C[C@]12CCC(O)CC1CC[C@@H]1[C@@H]2CC[C@]2(C)C(=O)[C@H](Cl)C[C@@H]12. The number of rotatable bonds is 0. The van der Waals surface area contributed by atoms with Gasteiger partial charge in [0.15, 0.2) is 5.78 Å². The van der Waals surface area contributed by atoms with Gasteiger partial charge in [-0.15, -0.1) is 11.6 Å². The van der Waals surface area contributed by atoms with Gasteiger partial charge in [0.25, 0.3) is 0 Å². The summed E-state index contributed by atoms with van der Waals surface area (Å²) in [7, 11) is 0. The summed E-state index contributed by atoms with van der Waals surface area (Å²) in [6.45, 7) is 4.68. The van der Waals surface area contributed by atoms with E-state index in [0.29, 0.717) is 29.0 Å². The van der Waals surface area contributed by atoms with E-state index in [1.807, 2.05) is 0 Å². The van der Waals surface area contributed by atoms with Crippen LogP contribution in [0.5, 0.6) is 0 Å². The fourth-order valence-electron chi connectivity index (χ4n) is 6.98. The highest BCUT2D eigenvalue weighted by Crippen LogP contribution is 2.65. The molecule has 0 aromatic carbocycles. The molecule has 4 rings (SSSR count). The van der Waals surface area contributed by atoms with Crippen molar-refractivity contribution < 1.29 is 9.90 Å². The van der Waals surface area contributed by atoms with Crippen LogP contribution in [-0.2, 0) is 4.79 Å². The molecule has 4 aliphatic rings. The Labute approximate surface area is 139 Å². The minimum absolute atomic E-state index is 0.0799. The molecule has 0 aromatic heterocycles. The lowest BCUT2D eigenvalue weighted by Gasteiger charge is -2.60. The molecule has 22 heavy (non-hydrogen) atoms. The van der Waals surface area contributed by atoms with E-state index in [9.17, 15) is 9.90 Å². The summed E-state index contributed by atoms with van der Waals surface area (Å²) in [4.78, 5) is 12.6. The van der Waals surface area contributed by atoms with E-state index in [-0.39, 0.29) is 16.9 Å². The number of carbonyl (C=O) groups is 1. The van der Waals surface area contributed by atoms with Crippen LogP contribution in [0.2, 0.25) is 0 Å². The lowest BCUT2D eigenvalue weighted by Crippen LogP contribution is -2.54. The van der Waals surface area contributed by atoms with Crippen LogP contribution in [-0.4, -0.2) is 22.4 Å². The van der Waals surface area contributed by atoms with Gasteiger partial charge in [-0.2, -0.15) is 0 Å². The van der Waals surface area contributed by atoms with Crippen LogP contribution in [0.4, 0.5) is 0 Å². The molecule has 0 amide bonds. The topological polar surface area (TPSA) is 37.3 Å². The zero-order valence-electron chi connectivity index (χ0n) is 13.9. The molecule has 0 saturated heterocycles. The number of halogens is 1. The van der Waals surface area contributed by atoms with Crippen LogP contribution in [0.1, 0.15) is 65.2 Å². The number of ketones is 1. The summed E-state index contributed by atoms with van der Waals surface area (Å²) in [6.07, 6.45) is 8.67. The Morgan fingerprint density at radius 2 is 1.82 bits per heavy atom. The third-order valence-electron chi connectivity index (χ3n) is 8.34. The second kappa shape index (κ2) is 4.96. The third kappa shape index (κ3) is 1.92. The van der Waals surface area contributed by atoms with Gasteiger partial charge < -0.3 is 5.11 Å². The predicted octanol–water partition coefficient (Wildman–Crippen LogP) is 4.18. The number of hydrogen-bond donors (Lipinski definition) is 1. The van der Waals surface area contributed by atoms with E-state index in [1.54, 1.807) is 0 Å². The van der Waals surface area contributed by atoms with Gasteiger partial charge in [0.2, 0.25) is 0 Å². The van der Waals surface area contributed by atoms with E-state index >= 15 is 0 Å². The molecule has 1 N–H and O–H groups in total. The number of aliphatic hydroxyl groups is 1.